The minimum absolute atomic E-state index is 0.151. The number of thioether (sulfide) groups is 1. The lowest BCUT2D eigenvalue weighted by Crippen LogP contribution is -2.22. The van der Waals surface area contributed by atoms with E-state index in [1.54, 1.807) is 6.08 Å². The Labute approximate surface area is 159 Å². The van der Waals surface area contributed by atoms with Crippen LogP contribution >= 0.6 is 39.9 Å². The highest BCUT2D eigenvalue weighted by atomic mass is 79.9. The molecule has 0 aliphatic carbocycles. The van der Waals surface area contributed by atoms with Crippen molar-refractivity contribution in [1.82, 2.24) is 5.01 Å². The minimum Gasteiger partial charge on any atom is -0.400 e. The van der Waals surface area contributed by atoms with Gasteiger partial charge in [-0.1, -0.05) is 39.8 Å². The second-order valence-electron chi connectivity index (χ2n) is 4.72. The largest absolute Gasteiger partial charge is 0.433 e. The van der Waals surface area contributed by atoms with Gasteiger partial charge in [-0.05, 0) is 42.1 Å². The zero-order valence-electron chi connectivity index (χ0n) is 12.3. The number of halogens is 1. The van der Waals surface area contributed by atoms with Crippen LogP contribution in [0.5, 0.6) is 0 Å². The summed E-state index contributed by atoms with van der Waals surface area (Å²) in [6.45, 7) is 0. The van der Waals surface area contributed by atoms with Crippen LogP contribution in [-0.2, 0) is 4.79 Å². The molecule has 1 aliphatic heterocycles. The number of rotatable bonds is 4. The molecule has 2 heterocycles. The van der Waals surface area contributed by atoms with Crippen molar-refractivity contribution in [2.24, 2.45) is 5.10 Å². The van der Waals surface area contributed by atoms with Gasteiger partial charge in [0.1, 0.15) is 4.92 Å². The molecule has 126 valence electrons. The third-order valence-electron chi connectivity index (χ3n) is 3.03. The Morgan fingerprint density at radius 2 is 2.00 bits per heavy atom. The molecular weight excluding hydrogens is 430 g/mol. The average molecular weight is 438 g/mol. The van der Waals surface area contributed by atoms with Crippen molar-refractivity contribution in [2.45, 2.75) is 0 Å². The molecule has 7 nitrogen and oxygen atoms in total. The van der Waals surface area contributed by atoms with Gasteiger partial charge in [-0.3, -0.25) is 14.9 Å². The first-order valence-corrected chi connectivity index (χ1v) is 8.77. The average Bonchev–Trinajstić information content (AvgIpc) is 3.14. The van der Waals surface area contributed by atoms with Crippen molar-refractivity contribution in [3.8, 4) is 0 Å². The van der Waals surface area contributed by atoms with Crippen molar-refractivity contribution in [3.05, 3.63) is 67.2 Å². The van der Waals surface area contributed by atoms with Crippen molar-refractivity contribution in [2.75, 3.05) is 0 Å². The monoisotopic (exact) mass is 437 g/mol. The van der Waals surface area contributed by atoms with E-state index in [9.17, 15) is 14.9 Å². The van der Waals surface area contributed by atoms with E-state index < -0.39 is 10.8 Å². The highest BCUT2D eigenvalue weighted by Crippen LogP contribution is 2.33. The van der Waals surface area contributed by atoms with E-state index in [1.807, 2.05) is 24.3 Å². The Bertz CT molecular complexity index is 921. The predicted octanol–water partition coefficient (Wildman–Crippen LogP) is 4.19. The molecule has 10 heteroatoms. The molecule has 0 spiro atoms. The van der Waals surface area contributed by atoms with Gasteiger partial charge in [0, 0.05) is 4.47 Å². The van der Waals surface area contributed by atoms with E-state index in [-0.39, 0.29) is 16.0 Å². The normalized spacial score (nSPS) is 16.4. The van der Waals surface area contributed by atoms with Crippen LogP contribution in [-0.4, -0.2) is 26.4 Å². The number of hydrazone groups is 1. The van der Waals surface area contributed by atoms with Gasteiger partial charge in [0.15, 0.2) is 10.1 Å². The summed E-state index contributed by atoms with van der Waals surface area (Å²) in [6, 6.07) is 10.1. The van der Waals surface area contributed by atoms with E-state index in [0.717, 1.165) is 26.8 Å². The number of furan rings is 1. The fraction of sp³-hybridized carbons (Fsp3) is 0. The molecule has 1 aliphatic rings. The number of nitrogens with zero attached hydrogens (tertiary/aromatic N) is 3. The third kappa shape index (κ3) is 4.03. The third-order valence-corrected chi connectivity index (χ3v) is 4.85. The number of thiocarbonyl (C=S) groups is 1. The zero-order valence-corrected chi connectivity index (χ0v) is 15.5. The van der Waals surface area contributed by atoms with E-state index in [1.165, 1.54) is 18.3 Å². The SMILES string of the molecule is O=C1/C(=C\c2ccc(Br)cc2)SC(=S)N1/N=C/c1ccc([N+](=O)[O-])o1. The summed E-state index contributed by atoms with van der Waals surface area (Å²) in [6.07, 6.45) is 2.93. The van der Waals surface area contributed by atoms with Crippen LogP contribution in [0.25, 0.3) is 6.08 Å². The molecule has 0 unspecified atom stereocenters. The fourth-order valence-corrected chi connectivity index (χ4v) is 3.33. The topological polar surface area (TPSA) is 89.0 Å². The van der Waals surface area contributed by atoms with Crippen LogP contribution < -0.4 is 0 Å². The molecule has 0 N–H and O–H groups in total. The molecule has 3 rings (SSSR count). The van der Waals surface area contributed by atoms with Gasteiger partial charge < -0.3 is 4.42 Å². The van der Waals surface area contributed by atoms with Crippen LogP contribution in [0.2, 0.25) is 0 Å². The Morgan fingerprint density at radius 1 is 1.28 bits per heavy atom. The smallest absolute Gasteiger partial charge is 0.400 e. The summed E-state index contributed by atoms with van der Waals surface area (Å²) in [5.41, 5.74) is 0.856. The molecule has 1 amide bonds. The summed E-state index contributed by atoms with van der Waals surface area (Å²) in [5.74, 6) is -0.616. The van der Waals surface area contributed by atoms with Gasteiger partial charge in [-0.2, -0.15) is 10.1 Å². The van der Waals surface area contributed by atoms with Crippen molar-refractivity contribution >= 4 is 68.3 Å². The molecule has 0 atom stereocenters. The summed E-state index contributed by atoms with van der Waals surface area (Å²) in [7, 11) is 0. The number of hydrogen-bond acceptors (Lipinski definition) is 7. The number of nitro groups is 1. The van der Waals surface area contributed by atoms with Crippen LogP contribution in [0.3, 0.4) is 0 Å². The molecule has 0 radical (unpaired) electrons. The molecule has 0 saturated carbocycles. The Kier molecular flexibility index (Phi) is 5.11. The van der Waals surface area contributed by atoms with Gasteiger partial charge in [0.2, 0.25) is 0 Å². The number of hydrogen-bond donors (Lipinski definition) is 0. The first kappa shape index (κ1) is 17.5. The summed E-state index contributed by atoms with van der Waals surface area (Å²) >= 11 is 9.64. The lowest BCUT2D eigenvalue weighted by molar-refractivity contribution is -0.402. The first-order chi connectivity index (χ1) is 11.9. The van der Waals surface area contributed by atoms with Crippen LogP contribution in [0.4, 0.5) is 5.88 Å². The minimum atomic E-state index is -0.655. The molecule has 0 bridgehead atoms. The van der Waals surface area contributed by atoms with E-state index >= 15 is 0 Å². The maximum absolute atomic E-state index is 12.4. The molecular formula is C15H8BrN3O4S2. The summed E-state index contributed by atoms with van der Waals surface area (Å²) in [5, 5.41) is 15.6. The Morgan fingerprint density at radius 3 is 2.64 bits per heavy atom. The predicted molar refractivity (Wildman–Crippen MR) is 102 cm³/mol. The highest BCUT2D eigenvalue weighted by molar-refractivity contribution is 9.10. The zero-order chi connectivity index (χ0) is 18.0. The van der Waals surface area contributed by atoms with Crippen LogP contribution in [0.1, 0.15) is 11.3 Å². The quantitative estimate of drug-likeness (QED) is 0.234. The molecule has 1 saturated heterocycles. The number of benzene rings is 1. The fourth-order valence-electron chi connectivity index (χ4n) is 1.89. The van der Waals surface area contributed by atoms with Crippen molar-refractivity contribution in [3.63, 3.8) is 0 Å². The molecule has 1 aromatic heterocycles. The van der Waals surface area contributed by atoms with E-state index in [0.29, 0.717) is 4.91 Å². The number of carbonyl (C=O) groups excluding carboxylic acids is 1. The van der Waals surface area contributed by atoms with E-state index in [2.05, 4.69) is 21.0 Å². The second kappa shape index (κ2) is 7.30. The van der Waals surface area contributed by atoms with Crippen LogP contribution in [0, 0.1) is 10.1 Å². The standard InChI is InChI=1S/C15H8BrN3O4S2/c16-10-3-1-9(2-4-10)7-12-14(20)18(15(24)25-12)17-8-11-5-6-13(23-11)19(21)22/h1-8H/b12-7+,17-8+. The molecule has 1 fully saturated rings. The maximum Gasteiger partial charge on any atom is 0.433 e. The van der Waals surface area contributed by atoms with Gasteiger partial charge in [-0.25, -0.2) is 0 Å². The summed E-state index contributed by atoms with van der Waals surface area (Å²) < 4.78 is 6.16. The molecule has 2 aromatic rings. The lowest BCUT2D eigenvalue weighted by Gasteiger charge is -2.05. The molecule has 25 heavy (non-hydrogen) atoms. The summed E-state index contributed by atoms with van der Waals surface area (Å²) in [4.78, 5) is 22.8. The van der Waals surface area contributed by atoms with Crippen LogP contribution in [0.15, 0.2) is 55.3 Å². The Balaban J connectivity index is 1.77. The van der Waals surface area contributed by atoms with Gasteiger partial charge in [0.05, 0.1) is 17.2 Å². The number of carbonyl (C=O) groups is 1. The maximum atomic E-state index is 12.4. The van der Waals surface area contributed by atoms with Gasteiger partial charge in [-0.15, -0.1) is 0 Å². The van der Waals surface area contributed by atoms with Crippen molar-refractivity contribution in [1.29, 1.82) is 0 Å². The van der Waals surface area contributed by atoms with Gasteiger partial charge in [0.25, 0.3) is 5.91 Å². The number of amides is 1. The van der Waals surface area contributed by atoms with Crippen molar-refractivity contribution < 1.29 is 14.1 Å². The highest BCUT2D eigenvalue weighted by Gasteiger charge is 2.32. The van der Waals surface area contributed by atoms with E-state index in [4.69, 9.17) is 16.6 Å². The Hall–Kier alpha value is -2.30. The first-order valence-electron chi connectivity index (χ1n) is 6.76. The van der Waals surface area contributed by atoms with Gasteiger partial charge >= 0.3 is 5.88 Å². The molecule has 1 aromatic carbocycles. The lowest BCUT2D eigenvalue weighted by atomic mass is 10.2. The second-order valence-corrected chi connectivity index (χ2v) is 7.31.